The smallest absolute Gasteiger partial charge is 0.332 e. The van der Waals surface area contributed by atoms with Crippen LogP contribution in [0.4, 0.5) is 11.5 Å². The van der Waals surface area contributed by atoms with Gasteiger partial charge in [-0.3, -0.25) is 28.7 Å². The highest BCUT2D eigenvalue weighted by Gasteiger charge is 2.18. The lowest BCUT2D eigenvalue weighted by Crippen LogP contribution is -2.42. The summed E-state index contributed by atoms with van der Waals surface area (Å²) < 4.78 is 2.43. The monoisotopic (exact) mass is 372 g/mol. The summed E-state index contributed by atoms with van der Waals surface area (Å²) in [5.41, 5.74) is 5.52. The van der Waals surface area contributed by atoms with Crippen LogP contribution < -0.4 is 22.3 Å². The van der Waals surface area contributed by atoms with Crippen LogP contribution in [0.1, 0.15) is 38.8 Å². The van der Waals surface area contributed by atoms with E-state index in [0.29, 0.717) is 25.1 Å². The highest BCUT2D eigenvalue weighted by Crippen LogP contribution is 2.12. The fraction of sp³-hybridized carbons (Fsp3) is 0.389. The van der Waals surface area contributed by atoms with Gasteiger partial charge < -0.3 is 11.1 Å². The second-order valence-corrected chi connectivity index (χ2v) is 5.94. The van der Waals surface area contributed by atoms with Crippen molar-refractivity contribution < 1.29 is 4.79 Å². The SMILES string of the molecule is CCCn1c(N)c(NC(=O)C/C=C/c2cnccn2)c(=O)n(CCC)c1=O. The Morgan fingerprint density at radius 1 is 1.19 bits per heavy atom. The third-order valence-electron chi connectivity index (χ3n) is 3.80. The number of nitrogens with zero attached hydrogens (tertiary/aromatic N) is 4. The molecule has 144 valence electrons. The highest BCUT2D eigenvalue weighted by atomic mass is 16.2. The third-order valence-corrected chi connectivity index (χ3v) is 3.80. The van der Waals surface area contributed by atoms with Gasteiger partial charge in [0, 0.05) is 31.9 Å². The number of nitrogens with one attached hydrogen (secondary N) is 1. The van der Waals surface area contributed by atoms with E-state index < -0.39 is 17.2 Å². The van der Waals surface area contributed by atoms with Crippen LogP contribution in [0.15, 0.2) is 34.3 Å². The number of nitrogens with two attached hydrogens (primary N) is 1. The highest BCUT2D eigenvalue weighted by molar-refractivity contribution is 5.94. The van der Waals surface area contributed by atoms with E-state index in [-0.39, 0.29) is 24.5 Å². The Bertz CT molecular complexity index is 931. The van der Waals surface area contributed by atoms with E-state index in [9.17, 15) is 14.4 Å². The topological polar surface area (TPSA) is 125 Å². The molecule has 0 saturated heterocycles. The molecule has 0 spiro atoms. The summed E-state index contributed by atoms with van der Waals surface area (Å²) in [6.07, 6.45) is 9.24. The molecule has 27 heavy (non-hydrogen) atoms. The Balaban J connectivity index is 2.26. The van der Waals surface area contributed by atoms with Gasteiger partial charge in [0.15, 0.2) is 0 Å². The normalized spacial score (nSPS) is 11.0. The van der Waals surface area contributed by atoms with Crippen molar-refractivity contribution in [3.05, 3.63) is 51.2 Å². The zero-order valence-electron chi connectivity index (χ0n) is 15.5. The van der Waals surface area contributed by atoms with E-state index in [0.717, 1.165) is 4.57 Å². The number of anilines is 2. The van der Waals surface area contributed by atoms with Crippen molar-refractivity contribution in [2.75, 3.05) is 11.1 Å². The van der Waals surface area contributed by atoms with Gasteiger partial charge in [0.1, 0.15) is 11.5 Å². The molecular weight excluding hydrogens is 348 g/mol. The minimum absolute atomic E-state index is 0.0227. The molecule has 3 N–H and O–H groups in total. The molecule has 0 atom stereocenters. The molecule has 9 nitrogen and oxygen atoms in total. The molecule has 1 amide bonds. The van der Waals surface area contributed by atoms with Crippen molar-refractivity contribution in [2.24, 2.45) is 0 Å². The number of carbonyl (C=O) groups excluding carboxylic acids is 1. The summed E-state index contributed by atoms with van der Waals surface area (Å²) in [5.74, 6) is -0.436. The summed E-state index contributed by atoms with van der Waals surface area (Å²) in [6, 6.07) is 0. The summed E-state index contributed by atoms with van der Waals surface area (Å²) in [6.45, 7) is 4.39. The Kier molecular flexibility index (Phi) is 7.04. The molecule has 0 fully saturated rings. The van der Waals surface area contributed by atoms with Crippen molar-refractivity contribution in [1.29, 1.82) is 0 Å². The molecule has 0 aromatic carbocycles. The quantitative estimate of drug-likeness (QED) is 0.718. The van der Waals surface area contributed by atoms with Gasteiger partial charge in [0.05, 0.1) is 11.9 Å². The molecule has 2 rings (SSSR count). The Morgan fingerprint density at radius 2 is 1.89 bits per heavy atom. The second kappa shape index (κ2) is 9.46. The maximum absolute atomic E-state index is 12.6. The standard InChI is InChI=1S/C18H24N6O3/c1-3-10-23-16(19)15(17(26)24(11-4-2)18(23)27)22-14(25)7-5-6-13-12-20-8-9-21-13/h5-6,8-9,12H,3-4,7,10-11,19H2,1-2H3,(H,22,25)/b6-5+. The van der Waals surface area contributed by atoms with Gasteiger partial charge in [-0.1, -0.05) is 19.9 Å². The van der Waals surface area contributed by atoms with Crippen LogP contribution in [0.2, 0.25) is 0 Å². The van der Waals surface area contributed by atoms with Gasteiger partial charge in [0.25, 0.3) is 5.56 Å². The fourth-order valence-electron chi connectivity index (χ4n) is 2.57. The molecule has 0 aliphatic carbocycles. The fourth-order valence-corrected chi connectivity index (χ4v) is 2.57. The number of carbonyl (C=O) groups is 1. The maximum atomic E-state index is 12.6. The second-order valence-electron chi connectivity index (χ2n) is 5.94. The molecule has 0 unspecified atom stereocenters. The molecule has 0 aliphatic rings. The molecular formula is C18H24N6O3. The predicted octanol–water partition coefficient (Wildman–Crippen LogP) is 1.24. The zero-order valence-corrected chi connectivity index (χ0v) is 15.5. The van der Waals surface area contributed by atoms with Crippen molar-refractivity contribution in [2.45, 2.75) is 46.2 Å². The van der Waals surface area contributed by atoms with Crippen LogP contribution in [0, 0.1) is 0 Å². The zero-order chi connectivity index (χ0) is 19.8. The van der Waals surface area contributed by atoms with Crippen LogP contribution in [0.25, 0.3) is 6.08 Å². The van der Waals surface area contributed by atoms with Gasteiger partial charge in [-0.05, 0) is 18.9 Å². The van der Waals surface area contributed by atoms with Gasteiger partial charge in [0.2, 0.25) is 5.91 Å². The lowest BCUT2D eigenvalue weighted by atomic mass is 10.3. The van der Waals surface area contributed by atoms with E-state index in [1.807, 2.05) is 13.8 Å². The van der Waals surface area contributed by atoms with Gasteiger partial charge >= 0.3 is 5.69 Å². The molecule has 9 heteroatoms. The van der Waals surface area contributed by atoms with Gasteiger partial charge in [-0.15, -0.1) is 0 Å². The van der Waals surface area contributed by atoms with E-state index in [4.69, 9.17) is 5.73 Å². The van der Waals surface area contributed by atoms with Crippen molar-refractivity contribution in [3.8, 4) is 0 Å². The van der Waals surface area contributed by atoms with Crippen LogP contribution in [0.5, 0.6) is 0 Å². The minimum Gasteiger partial charge on any atom is -0.383 e. The molecule has 0 saturated carbocycles. The first-order valence-corrected chi connectivity index (χ1v) is 8.85. The minimum atomic E-state index is -0.585. The van der Waals surface area contributed by atoms with Crippen molar-refractivity contribution in [1.82, 2.24) is 19.1 Å². The first-order chi connectivity index (χ1) is 13.0. The lowest BCUT2D eigenvalue weighted by molar-refractivity contribution is -0.115. The van der Waals surface area contributed by atoms with Crippen LogP contribution in [-0.4, -0.2) is 25.0 Å². The first kappa shape index (κ1) is 20.1. The average Bonchev–Trinajstić information content (AvgIpc) is 2.67. The molecule has 0 aliphatic heterocycles. The Hall–Kier alpha value is -3.23. The molecule has 2 aromatic rings. The summed E-state index contributed by atoms with van der Waals surface area (Å²) in [7, 11) is 0. The van der Waals surface area contributed by atoms with Crippen LogP contribution in [0.3, 0.4) is 0 Å². The summed E-state index contributed by atoms with van der Waals surface area (Å²) in [5, 5.41) is 2.55. The number of amides is 1. The molecule has 2 aromatic heterocycles. The Labute approximate surface area is 156 Å². The summed E-state index contributed by atoms with van der Waals surface area (Å²) >= 11 is 0. The summed E-state index contributed by atoms with van der Waals surface area (Å²) in [4.78, 5) is 45.3. The van der Waals surface area contributed by atoms with Crippen molar-refractivity contribution >= 4 is 23.5 Å². The van der Waals surface area contributed by atoms with Crippen LogP contribution >= 0.6 is 0 Å². The van der Waals surface area contributed by atoms with E-state index >= 15 is 0 Å². The predicted molar refractivity (Wildman–Crippen MR) is 104 cm³/mol. The number of rotatable bonds is 8. The average molecular weight is 372 g/mol. The van der Waals surface area contributed by atoms with E-state index in [1.54, 1.807) is 30.7 Å². The van der Waals surface area contributed by atoms with Crippen molar-refractivity contribution in [3.63, 3.8) is 0 Å². The van der Waals surface area contributed by atoms with E-state index in [2.05, 4.69) is 15.3 Å². The lowest BCUT2D eigenvalue weighted by Gasteiger charge is -2.16. The number of nitrogen functional groups attached to an aromatic ring is 1. The largest absolute Gasteiger partial charge is 0.383 e. The third kappa shape index (κ3) is 4.90. The Morgan fingerprint density at radius 3 is 2.52 bits per heavy atom. The first-order valence-electron chi connectivity index (χ1n) is 8.85. The molecule has 0 bridgehead atoms. The van der Waals surface area contributed by atoms with E-state index in [1.165, 1.54) is 4.57 Å². The van der Waals surface area contributed by atoms with Crippen LogP contribution in [-0.2, 0) is 17.9 Å². The van der Waals surface area contributed by atoms with Gasteiger partial charge in [-0.2, -0.15) is 0 Å². The molecule has 2 heterocycles. The number of aromatic nitrogens is 4. The van der Waals surface area contributed by atoms with Gasteiger partial charge in [-0.25, -0.2) is 4.79 Å². The molecule has 0 radical (unpaired) electrons. The maximum Gasteiger partial charge on any atom is 0.332 e. The number of hydrogen-bond donors (Lipinski definition) is 2. The number of hydrogen-bond acceptors (Lipinski definition) is 6.